The molecule has 0 unspecified atom stereocenters. The summed E-state index contributed by atoms with van der Waals surface area (Å²) in [6.45, 7) is 2.28. The second-order valence-electron chi connectivity index (χ2n) is 26.0. The van der Waals surface area contributed by atoms with Crippen molar-refractivity contribution in [2.45, 2.75) is 13.1 Å². The van der Waals surface area contributed by atoms with Gasteiger partial charge in [0.05, 0.1) is 121 Å². The zero-order valence-corrected chi connectivity index (χ0v) is 63.9. The molecule has 9 N–H and O–H groups in total. The predicted octanol–water partition coefficient (Wildman–Crippen LogP) is 18.5. The number of benzene rings is 8. The number of rotatable bonds is 16. The fourth-order valence-electron chi connectivity index (χ4n) is 12.4. The molecule has 0 bridgehead atoms. The third kappa shape index (κ3) is 19.1. The number of pyridine rings is 4. The van der Waals surface area contributed by atoms with Crippen molar-refractivity contribution >= 4 is 113 Å². The molecule has 0 radical (unpaired) electrons. The molecule has 8 aromatic heterocycles. The van der Waals surface area contributed by atoms with Crippen LogP contribution in [0, 0.1) is 11.6 Å². The van der Waals surface area contributed by atoms with Gasteiger partial charge in [-0.15, -0.1) is 0 Å². The van der Waals surface area contributed by atoms with Crippen LogP contribution in [0.3, 0.4) is 0 Å². The molecule has 0 saturated carbocycles. The lowest BCUT2D eigenvalue weighted by molar-refractivity contribution is -0.137. The number of hydrogen-bond acceptors (Lipinski definition) is 16. The second kappa shape index (κ2) is 35.9. The number of phenolic OH excluding ortho intramolecular Hbond substituents is 1. The van der Waals surface area contributed by atoms with E-state index in [9.17, 15) is 46.2 Å². The van der Waals surface area contributed by atoms with Crippen LogP contribution in [0.15, 0.2) is 250 Å². The lowest BCUT2D eigenvalue weighted by Crippen LogP contribution is -2.20. The number of amides is 8. The number of halogens is 5. The van der Waals surface area contributed by atoms with Gasteiger partial charge in [0, 0.05) is 132 Å². The highest BCUT2D eigenvalue weighted by molar-refractivity contribution is 6.05. The maximum atomic E-state index is 14.0. The first-order valence-corrected chi connectivity index (χ1v) is 36.0. The van der Waals surface area contributed by atoms with Crippen LogP contribution in [0.4, 0.5) is 86.6 Å². The Labute approximate surface area is 669 Å². The van der Waals surface area contributed by atoms with Gasteiger partial charge in [0.25, 0.3) is 0 Å². The van der Waals surface area contributed by atoms with Gasteiger partial charge in [0.15, 0.2) is 0 Å². The second-order valence-corrected chi connectivity index (χ2v) is 26.0. The number of aromatic hydroxyl groups is 1. The molecular formula is C85H73F5N20O8. The summed E-state index contributed by atoms with van der Waals surface area (Å²) in [7, 11) is 10.5. The molecule has 0 fully saturated rings. The van der Waals surface area contributed by atoms with Crippen molar-refractivity contribution in [2.24, 2.45) is 28.2 Å². The van der Waals surface area contributed by atoms with Gasteiger partial charge in [-0.25, -0.2) is 28.0 Å². The molecule has 33 heteroatoms. The van der Waals surface area contributed by atoms with Crippen molar-refractivity contribution in [1.29, 1.82) is 0 Å². The highest BCUT2D eigenvalue weighted by Gasteiger charge is 2.31. The summed E-state index contributed by atoms with van der Waals surface area (Å²) in [5.74, 6) is -0.0315. The molecule has 0 atom stereocenters. The largest absolute Gasteiger partial charge is 0.506 e. The fraction of sp³-hybridized carbons (Fsp3) is 0.106. The first-order valence-electron chi connectivity index (χ1n) is 36.0. The third-order valence-electron chi connectivity index (χ3n) is 18.4. The van der Waals surface area contributed by atoms with E-state index in [1.165, 1.54) is 43.5 Å². The van der Waals surface area contributed by atoms with E-state index in [-0.39, 0.29) is 23.1 Å². The quantitative estimate of drug-likeness (QED) is 0.0321. The summed E-state index contributed by atoms with van der Waals surface area (Å²) in [4.78, 5) is 66.1. The molecule has 0 aliphatic carbocycles. The van der Waals surface area contributed by atoms with Gasteiger partial charge in [-0.05, 0) is 132 Å². The number of carbonyl (C=O) groups is 4. The summed E-state index contributed by atoms with van der Waals surface area (Å²) >= 11 is 0. The first kappa shape index (κ1) is 80.2. The van der Waals surface area contributed by atoms with Crippen LogP contribution in [-0.2, 0) is 34.4 Å². The van der Waals surface area contributed by atoms with Crippen molar-refractivity contribution in [3.63, 3.8) is 0 Å². The molecular weight excluding hydrogens is 1520 g/mol. The Hall–Kier alpha value is -15.8. The zero-order valence-electron chi connectivity index (χ0n) is 63.9. The van der Waals surface area contributed by atoms with Crippen LogP contribution in [0.1, 0.15) is 12.5 Å². The first-order chi connectivity index (χ1) is 57.0. The Kier molecular flexibility index (Phi) is 24.4. The minimum atomic E-state index is -4.59. The molecule has 16 aromatic rings. The summed E-state index contributed by atoms with van der Waals surface area (Å²) < 4.78 is 89.0. The van der Waals surface area contributed by atoms with Gasteiger partial charge in [0.2, 0.25) is 0 Å². The minimum absolute atomic E-state index is 0.0350. The van der Waals surface area contributed by atoms with E-state index in [4.69, 9.17) is 14.2 Å². The van der Waals surface area contributed by atoms with Crippen molar-refractivity contribution in [3.05, 3.63) is 267 Å². The lowest BCUT2D eigenvalue weighted by Gasteiger charge is -2.12. The molecule has 0 aliphatic heterocycles. The van der Waals surface area contributed by atoms with E-state index < -0.39 is 47.2 Å². The van der Waals surface area contributed by atoms with Gasteiger partial charge in [-0.2, -0.15) is 33.6 Å². The van der Waals surface area contributed by atoms with Crippen LogP contribution >= 0.6 is 0 Å². The number of hydrogen-bond donors (Lipinski definition) is 9. The number of ether oxygens (including phenoxy) is 3. The number of para-hydroxylation sites is 2. The Morgan fingerprint density at radius 2 is 0.703 bits per heavy atom. The highest BCUT2D eigenvalue weighted by Crippen LogP contribution is 2.37. The summed E-state index contributed by atoms with van der Waals surface area (Å²) in [5.41, 5.74) is 12.8. The third-order valence-corrected chi connectivity index (χ3v) is 18.4. The topological polar surface area (TPSA) is 335 Å². The average molecular weight is 1600 g/mol. The van der Waals surface area contributed by atoms with Crippen molar-refractivity contribution in [1.82, 2.24) is 59.1 Å². The molecule has 8 heterocycles. The Balaban J connectivity index is 0.000000136. The average Bonchev–Trinajstić information content (AvgIpc) is 1.64. The SMILES string of the molecule is CCOc1ccc(F)c(NC(=O)Nc2ccc(-c3cncc4c3cnn4C)cc2)c1.COc1ccc(F)c(NC(=O)Nc2ccc(-c3cncc4c3cnn4C)cc2)c1.COc1ccccc1NC(=O)Nc1ccc(-c2cncc3c2cnn3C)cc1.Cn1ncc2c(-c3ccc(NC(=O)Nc4cc(C(F)(F)F)ccc4O)cc3)cncc21. The van der Waals surface area contributed by atoms with Gasteiger partial charge in [-0.3, -0.25) is 38.7 Å². The van der Waals surface area contributed by atoms with E-state index in [2.05, 4.69) is 82.9 Å². The number of carbonyl (C=O) groups excluding carboxylic acids is 4. The number of aryl methyl sites for hydroxylation is 4. The van der Waals surface area contributed by atoms with E-state index in [1.807, 2.05) is 108 Å². The lowest BCUT2D eigenvalue weighted by atomic mass is 10.0. The molecule has 0 saturated heterocycles. The van der Waals surface area contributed by atoms with Gasteiger partial charge >= 0.3 is 30.3 Å². The van der Waals surface area contributed by atoms with Crippen LogP contribution in [0.2, 0.25) is 0 Å². The van der Waals surface area contributed by atoms with Crippen molar-refractivity contribution in [3.8, 4) is 67.5 Å². The molecule has 8 amide bonds. The van der Waals surface area contributed by atoms with Crippen LogP contribution in [0.5, 0.6) is 23.0 Å². The van der Waals surface area contributed by atoms with Crippen molar-refractivity contribution in [2.75, 3.05) is 63.4 Å². The van der Waals surface area contributed by atoms with Crippen LogP contribution in [-0.4, -0.2) is 109 Å². The van der Waals surface area contributed by atoms with E-state index in [0.717, 1.165) is 100 Å². The molecule has 16 rings (SSSR count). The maximum absolute atomic E-state index is 14.0. The fourth-order valence-corrected chi connectivity index (χ4v) is 12.4. The normalized spacial score (nSPS) is 10.9. The number of nitrogens with zero attached hydrogens (tertiary/aromatic N) is 12. The summed E-state index contributed by atoms with van der Waals surface area (Å²) in [5, 5.41) is 51.5. The van der Waals surface area contributed by atoms with E-state index in [1.54, 1.807) is 148 Å². The molecule has 8 aromatic carbocycles. The number of anilines is 8. The number of urea groups is 4. The summed E-state index contributed by atoms with van der Waals surface area (Å²) in [6, 6.07) is 44.7. The van der Waals surface area contributed by atoms with Crippen LogP contribution in [0.25, 0.3) is 88.1 Å². The number of phenols is 1. The summed E-state index contributed by atoms with van der Waals surface area (Å²) in [6.07, 6.45) is 16.7. The van der Waals surface area contributed by atoms with E-state index >= 15 is 0 Å². The maximum Gasteiger partial charge on any atom is 0.416 e. The Bertz CT molecular complexity index is 6320. The van der Waals surface area contributed by atoms with Crippen molar-refractivity contribution < 1.29 is 60.4 Å². The van der Waals surface area contributed by atoms with Gasteiger partial charge in [-0.1, -0.05) is 60.7 Å². The number of fused-ring (bicyclic) bond motifs is 4. The van der Waals surface area contributed by atoms with E-state index in [0.29, 0.717) is 58.4 Å². The number of methoxy groups -OCH3 is 2. The highest BCUT2D eigenvalue weighted by atomic mass is 19.4. The van der Waals surface area contributed by atoms with Gasteiger partial charge in [0.1, 0.15) is 34.6 Å². The smallest absolute Gasteiger partial charge is 0.416 e. The predicted molar refractivity (Wildman–Crippen MR) is 443 cm³/mol. The number of aromatic nitrogens is 12. The molecule has 596 valence electrons. The molecule has 0 aliphatic rings. The zero-order chi connectivity index (χ0) is 83.2. The van der Waals surface area contributed by atoms with Gasteiger partial charge < -0.3 is 61.9 Å². The Morgan fingerprint density at radius 3 is 1.04 bits per heavy atom. The number of nitrogens with one attached hydrogen (secondary N) is 8. The number of alkyl halides is 3. The molecule has 118 heavy (non-hydrogen) atoms. The standard InChI is InChI=1S/C22H20FN5O2.C21H16F3N5O2.C21H18FN5O2.C21H19N5O2/c1-3-30-16-8-9-19(23)20(10-16)27-22(29)26-15-6-4-14(5-7-15)17-11-24-13-21-18(17)12-25-28(21)2;1-29-18-11-25-9-15(16(18)10-26-29)12-2-5-14(6-3-12)27-20(31)28-17-8-13(21(22,23)24)4-7-19(17)30;1-27-20-12-23-10-16(17(20)11-24-27)13-3-5-14(6-4-13)25-21(28)26-19-9-15(29-2)7-8-18(19)22;1-26-19-13-22-11-16(17(19)12-23-26)14-7-9-15(10-8-14)24-21(27)25-18-5-3-4-6-20(18)28-2/h4-13H,3H2,1-2H3,(H2,26,27,29);2-11,30H,1H3,(H2,27,28,31);3-12H,1-2H3,(H2,25,26,28);3-13H,1-2H3,(H2,24,25,27). The monoisotopic (exact) mass is 1600 g/mol. The van der Waals surface area contributed by atoms with Crippen LogP contribution < -0.4 is 56.7 Å². The molecule has 0 spiro atoms. The Morgan fingerprint density at radius 1 is 0.373 bits per heavy atom. The minimum Gasteiger partial charge on any atom is -0.506 e. The molecule has 28 nitrogen and oxygen atoms in total.